The molecule has 0 bridgehead atoms. The fraction of sp³-hybridized carbons (Fsp3) is 0.529. The summed E-state index contributed by atoms with van der Waals surface area (Å²) in [4.78, 5) is 0. The monoisotopic (exact) mass is 259 g/mol. The number of hydrogen-bond donors (Lipinski definition) is 1. The fourth-order valence-electron chi connectivity index (χ4n) is 2.76. The van der Waals surface area contributed by atoms with Crippen molar-refractivity contribution < 1.29 is 4.42 Å². The van der Waals surface area contributed by atoms with Gasteiger partial charge in [-0.2, -0.15) is 0 Å². The van der Waals surface area contributed by atoms with Crippen LogP contribution in [0, 0.1) is 6.92 Å². The lowest BCUT2D eigenvalue weighted by Crippen LogP contribution is -2.11. The molecule has 0 fully saturated rings. The molecular weight excluding hydrogens is 234 g/mol. The third kappa shape index (κ3) is 2.42. The number of hydrogen-bond acceptors (Lipinski definition) is 2. The Bertz CT molecular complexity index is 587. The van der Waals surface area contributed by atoms with Gasteiger partial charge in [0, 0.05) is 16.5 Å². The van der Waals surface area contributed by atoms with Crippen molar-refractivity contribution in [2.75, 3.05) is 0 Å². The molecular formula is C17H25NO. The van der Waals surface area contributed by atoms with Crippen LogP contribution in [0.4, 0.5) is 0 Å². The highest BCUT2D eigenvalue weighted by atomic mass is 16.3. The van der Waals surface area contributed by atoms with Crippen LogP contribution in [0.1, 0.15) is 56.6 Å². The Morgan fingerprint density at radius 2 is 1.89 bits per heavy atom. The van der Waals surface area contributed by atoms with Gasteiger partial charge in [-0.25, -0.2) is 0 Å². The zero-order chi connectivity index (χ0) is 14.2. The Labute approximate surface area is 116 Å². The second-order valence-corrected chi connectivity index (χ2v) is 6.34. The van der Waals surface area contributed by atoms with E-state index in [4.69, 9.17) is 10.2 Å². The SMILES string of the molecule is CCCc1c(CN)oc2c(C(C)(C)C)ccc(C)c12. The minimum Gasteiger partial charge on any atom is -0.459 e. The molecule has 1 heterocycles. The zero-order valence-electron chi connectivity index (χ0n) is 12.8. The van der Waals surface area contributed by atoms with E-state index in [9.17, 15) is 0 Å². The van der Waals surface area contributed by atoms with Crippen LogP contribution >= 0.6 is 0 Å². The van der Waals surface area contributed by atoms with Gasteiger partial charge in [0.2, 0.25) is 0 Å². The molecule has 2 nitrogen and oxygen atoms in total. The van der Waals surface area contributed by atoms with Gasteiger partial charge in [-0.3, -0.25) is 0 Å². The van der Waals surface area contributed by atoms with Gasteiger partial charge in [0.1, 0.15) is 11.3 Å². The molecule has 2 N–H and O–H groups in total. The first kappa shape index (κ1) is 14.1. The predicted octanol–water partition coefficient (Wildman–Crippen LogP) is 4.45. The van der Waals surface area contributed by atoms with Gasteiger partial charge in [-0.1, -0.05) is 46.2 Å². The Hall–Kier alpha value is -1.28. The summed E-state index contributed by atoms with van der Waals surface area (Å²) in [6.07, 6.45) is 2.15. The maximum atomic E-state index is 6.11. The summed E-state index contributed by atoms with van der Waals surface area (Å²) >= 11 is 0. The molecule has 2 aromatic rings. The number of aryl methyl sites for hydroxylation is 2. The molecule has 0 amide bonds. The molecule has 104 valence electrons. The molecule has 2 heteroatoms. The summed E-state index contributed by atoms with van der Waals surface area (Å²) in [7, 11) is 0. The van der Waals surface area contributed by atoms with E-state index in [2.05, 4.69) is 46.8 Å². The molecule has 0 aliphatic carbocycles. The molecule has 19 heavy (non-hydrogen) atoms. The van der Waals surface area contributed by atoms with E-state index in [0.29, 0.717) is 6.54 Å². The van der Waals surface area contributed by atoms with Crippen LogP contribution in [0.3, 0.4) is 0 Å². The van der Waals surface area contributed by atoms with E-state index in [1.807, 2.05) is 0 Å². The first-order valence-corrected chi connectivity index (χ1v) is 7.14. The van der Waals surface area contributed by atoms with Crippen LogP contribution < -0.4 is 5.73 Å². The second kappa shape index (κ2) is 5.01. The Morgan fingerprint density at radius 1 is 1.21 bits per heavy atom. The van der Waals surface area contributed by atoms with E-state index < -0.39 is 0 Å². The summed E-state index contributed by atoms with van der Waals surface area (Å²) in [6, 6.07) is 4.40. The van der Waals surface area contributed by atoms with Gasteiger partial charge in [0.05, 0.1) is 6.54 Å². The number of benzene rings is 1. The normalized spacial score (nSPS) is 12.3. The van der Waals surface area contributed by atoms with E-state index >= 15 is 0 Å². The first-order chi connectivity index (χ1) is 8.90. The number of nitrogens with two attached hydrogens (primary N) is 1. The number of fused-ring (bicyclic) bond motifs is 1. The van der Waals surface area contributed by atoms with Crippen LogP contribution in [-0.4, -0.2) is 0 Å². The van der Waals surface area contributed by atoms with Crippen molar-refractivity contribution in [2.24, 2.45) is 5.73 Å². The third-order valence-electron chi connectivity index (χ3n) is 3.72. The largest absolute Gasteiger partial charge is 0.459 e. The van der Waals surface area contributed by atoms with Crippen LogP contribution in [0.25, 0.3) is 11.0 Å². The average molecular weight is 259 g/mol. The van der Waals surface area contributed by atoms with Gasteiger partial charge < -0.3 is 10.2 Å². The highest BCUT2D eigenvalue weighted by Crippen LogP contribution is 2.37. The molecule has 1 aromatic heterocycles. The van der Waals surface area contributed by atoms with Gasteiger partial charge in [0.15, 0.2) is 0 Å². The molecule has 2 rings (SSSR count). The van der Waals surface area contributed by atoms with Crippen molar-refractivity contribution in [2.45, 2.75) is 59.4 Å². The molecule has 1 aromatic carbocycles. The lowest BCUT2D eigenvalue weighted by atomic mass is 9.84. The van der Waals surface area contributed by atoms with Crippen molar-refractivity contribution in [1.82, 2.24) is 0 Å². The Morgan fingerprint density at radius 3 is 2.42 bits per heavy atom. The van der Waals surface area contributed by atoms with Crippen molar-refractivity contribution in [3.05, 3.63) is 34.6 Å². The number of rotatable bonds is 3. The average Bonchev–Trinajstić information content (AvgIpc) is 2.68. The predicted molar refractivity (Wildman–Crippen MR) is 81.5 cm³/mol. The number of furan rings is 1. The van der Waals surface area contributed by atoms with Gasteiger partial charge in [-0.15, -0.1) is 0 Å². The lowest BCUT2D eigenvalue weighted by Gasteiger charge is -2.19. The van der Waals surface area contributed by atoms with Gasteiger partial charge in [-0.05, 0) is 24.3 Å². The maximum absolute atomic E-state index is 6.11. The summed E-state index contributed by atoms with van der Waals surface area (Å²) in [5, 5.41) is 1.29. The minimum absolute atomic E-state index is 0.0825. The van der Waals surface area contributed by atoms with Crippen molar-refractivity contribution in [1.29, 1.82) is 0 Å². The molecule has 0 unspecified atom stereocenters. The van der Waals surface area contributed by atoms with Crippen LogP contribution in [0.15, 0.2) is 16.5 Å². The van der Waals surface area contributed by atoms with E-state index in [1.165, 1.54) is 22.1 Å². The Balaban J connectivity index is 2.81. The van der Waals surface area contributed by atoms with E-state index in [0.717, 1.165) is 24.2 Å². The highest BCUT2D eigenvalue weighted by molar-refractivity contribution is 5.89. The summed E-state index contributed by atoms with van der Waals surface area (Å²) < 4.78 is 6.11. The molecule has 0 saturated carbocycles. The van der Waals surface area contributed by atoms with Crippen molar-refractivity contribution in [3.63, 3.8) is 0 Å². The van der Waals surface area contributed by atoms with Crippen LogP contribution in [0.2, 0.25) is 0 Å². The fourth-order valence-corrected chi connectivity index (χ4v) is 2.76. The van der Waals surface area contributed by atoms with Crippen LogP contribution in [-0.2, 0) is 18.4 Å². The highest BCUT2D eigenvalue weighted by Gasteiger charge is 2.23. The topological polar surface area (TPSA) is 39.2 Å². The quantitative estimate of drug-likeness (QED) is 0.884. The molecule has 0 saturated heterocycles. The standard InChI is InChI=1S/C17H25NO/c1-6-7-12-14(10-18)19-16-13(17(3,4)5)9-8-11(2)15(12)16/h8-9H,6-7,10,18H2,1-5H3. The second-order valence-electron chi connectivity index (χ2n) is 6.34. The molecule has 0 atom stereocenters. The summed E-state index contributed by atoms with van der Waals surface area (Å²) in [5.41, 5.74) is 10.8. The first-order valence-electron chi connectivity index (χ1n) is 7.14. The summed E-state index contributed by atoms with van der Waals surface area (Å²) in [5.74, 6) is 0.955. The van der Waals surface area contributed by atoms with Gasteiger partial charge in [0.25, 0.3) is 0 Å². The van der Waals surface area contributed by atoms with Crippen LogP contribution in [0.5, 0.6) is 0 Å². The summed E-state index contributed by atoms with van der Waals surface area (Å²) in [6.45, 7) is 11.5. The molecule has 0 aliphatic rings. The molecule has 0 aliphatic heterocycles. The van der Waals surface area contributed by atoms with E-state index in [1.54, 1.807) is 0 Å². The smallest absolute Gasteiger partial charge is 0.138 e. The van der Waals surface area contributed by atoms with Crippen molar-refractivity contribution >= 4 is 11.0 Å². The molecule has 0 spiro atoms. The Kier molecular flexibility index (Phi) is 3.73. The van der Waals surface area contributed by atoms with E-state index in [-0.39, 0.29) is 5.41 Å². The lowest BCUT2D eigenvalue weighted by molar-refractivity contribution is 0.522. The van der Waals surface area contributed by atoms with Crippen molar-refractivity contribution in [3.8, 4) is 0 Å². The maximum Gasteiger partial charge on any atom is 0.138 e. The van der Waals surface area contributed by atoms with Gasteiger partial charge >= 0.3 is 0 Å². The zero-order valence-corrected chi connectivity index (χ0v) is 12.8. The minimum atomic E-state index is 0.0825. The molecule has 0 radical (unpaired) electrons. The third-order valence-corrected chi connectivity index (χ3v) is 3.72.